The van der Waals surface area contributed by atoms with Crippen LogP contribution in [-0.4, -0.2) is 42.1 Å². The van der Waals surface area contributed by atoms with Gasteiger partial charge < -0.3 is 14.7 Å². The lowest BCUT2D eigenvalue weighted by atomic mass is 10.2. The number of benzene rings is 1. The first-order valence-corrected chi connectivity index (χ1v) is 6.66. The van der Waals surface area contributed by atoms with E-state index in [4.69, 9.17) is 9.84 Å². The predicted octanol–water partition coefficient (Wildman–Crippen LogP) is 1.55. The van der Waals surface area contributed by atoms with Crippen molar-refractivity contribution in [3.05, 3.63) is 29.8 Å². The standard InChI is InChI=1S/C15H19NO4/c1-10-3-5-11(6-4-10)20-8-7-16(2)14(17)12-9-13(12)15(18)19/h3-6,12-13H,7-9H2,1-2H3,(H,18,19)/t12-,13+/m1/s1. The molecule has 0 bridgehead atoms. The molecule has 108 valence electrons. The highest BCUT2D eigenvalue weighted by Gasteiger charge is 2.49. The number of amides is 1. The van der Waals surface area contributed by atoms with Crippen LogP contribution >= 0.6 is 0 Å². The van der Waals surface area contributed by atoms with Gasteiger partial charge >= 0.3 is 5.97 Å². The van der Waals surface area contributed by atoms with Crippen molar-refractivity contribution in [1.82, 2.24) is 4.90 Å². The van der Waals surface area contributed by atoms with Gasteiger partial charge in [0.25, 0.3) is 0 Å². The highest BCUT2D eigenvalue weighted by Crippen LogP contribution is 2.39. The molecule has 0 spiro atoms. The number of aliphatic carboxylic acids is 1. The summed E-state index contributed by atoms with van der Waals surface area (Å²) in [6.45, 7) is 2.86. The Morgan fingerprint density at radius 2 is 1.95 bits per heavy atom. The normalized spacial score (nSPS) is 20.3. The molecule has 0 radical (unpaired) electrons. The number of carbonyl (C=O) groups is 2. The summed E-state index contributed by atoms with van der Waals surface area (Å²) < 4.78 is 5.55. The van der Waals surface area contributed by atoms with Crippen molar-refractivity contribution >= 4 is 11.9 Å². The summed E-state index contributed by atoms with van der Waals surface area (Å²) in [5, 5.41) is 8.81. The molecule has 0 aliphatic heterocycles. The Labute approximate surface area is 118 Å². The number of rotatable bonds is 6. The van der Waals surface area contributed by atoms with Crippen LogP contribution in [0.25, 0.3) is 0 Å². The lowest BCUT2D eigenvalue weighted by molar-refractivity contribution is -0.141. The molecule has 2 rings (SSSR count). The molecule has 1 aromatic rings. The zero-order valence-corrected chi connectivity index (χ0v) is 11.7. The van der Waals surface area contributed by atoms with Gasteiger partial charge in [0.2, 0.25) is 5.91 Å². The summed E-state index contributed by atoms with van der Waals surface area (Å²) in [5.41, 5.74) is 1.16. The third kappa shape index (κ3) is 3.50. The summed E-state index contributed by atoms with van der Waals surface area (Å²) in [6.07, 6.45) is 0.456. The summed E-state index contributed by atoms with van der Waals surface area (Å²) in [7, 11) is 1.68. The number of aryl methyl sites for hydroxylation is 1. The fraction of sp³-hybridized carbons (Fsp3) is 0.467. The van der Waals surface area contributed by atoms with Crippen molar-refractivity contribution in [2.24, 2.45) is 11.8 Å². The minimum Gasteiger partial charge on any atom is -0.492 e. The van der Waals surface area contributed by atoms with Crippen molar-refractivity contribution < 1.29 is 19.4 Å². The predicted molar refractivity (Wildman–Crippen MR) is 73.5 cm³/mol. The third-order valence-corrected chi connectivity index (χ3v) is 3.52. The van der Waals surface area contributed by atoms with Gasteiger partial charge in [-0.2, -0.15) is 0 Å². The average molecular weight is 277 g/mol. The highest BCUT2D eigenvalue weighted by atomic mass is 16.5. The summed E-state index contributed by atoms with van der Waals surface area (Å²) in [4.78, 5) is 24.2. The quantitative estimate of drug-likeness (QED) is 0.856. The number of hydrogen-bond acceptors (Lipinski definition) is 3. The van der Waals surface area contributed by atoms with Crippen LogP contribution in [0.3, 0.4) is 0 Å². The Morgan fingerprint density at radius 1 is 1.30 bits per heavy atom. The van der Waals surface area contributed by atoms with Gasteiger partial charge in [0.1, 0.15) is 12.4 Å². The first-order chi connectivity index (χ1) is 9.49. The molecule has 1 fully saturated rings. The molecule has 0 unspecified atom stereocenters. The largest absolute Gasteiger partial charge is 0.492 e. The SMILES string of the molecule is Cc1ccc(OCCN(C)C(=O)[C@@H]2C[C@@H]2C(=O)O)cc1. The van der Waals surface area contributed by atoms with Crippen LogP contribution in [0.4, 0.5) is 0 Å². The number of carbonyl (C=O) groups excluding carboxylic acids is 1. The van der Waals surface area contributed by atoms with Crippen LogP contribution in [0, 0.1) is 18.8 Å². The number of hydrogen-bond donors (Lipinski definition) is 1. The zero-order chi connectivity index (χ0) is 14.7. The van der Waals surface area contributed by atoms with E-state index in [1.165, 1.54) is 0 Å². The van der Waals surface area contributed by atoms with E-state index in [2.05, 4.69) is 0 Å². The van der Waals surface area contributed by atoms with Crippen LogP contribution in [0.15, 0.2) is 24.3 Å². The fourth-order valence-corrected chi connectivity index (χ4v) is 2.07. The molecule has 1 aliphatic rings. The number of nitrogens with zero attached hydrogens (tertiary/aromatic N) is 1. The van der Waals surface area contributed by atoms with Crippen LogP contribution in [0.5, 0.6) is 5.75 Å². The second-order valence-corrected chi connectivity index (χ2v) is 5.21. The molecule has 0 aromatic heterocycles. The first-order valence-electron chi connectivity index (χ1n) is 6.66. The van der Waals surface area contributed by atoms with E-state index in [9.17, 15) is 9.59 Å². The average Bonchev–Trinajstić information content (AvgIpc) is 3.20. The van der Waals surface area contributed by atoms with Crippen LogP contribution in [-0.2, 0) is 9.59 Å². The zero-order valence-electron chi connectivity index (χ0n) is 11.7. The maximum Gasteiger partial charge on any atom is 0.307 e. The van der Waals surface area contributed by atoms with E-state index < -0.39 is 11.9 Å². The number of carboxylic acid groups (broad SMARTS) is 1. The molecular weight excluding hydrogens is 258 g/mol. The number of ether oxygens (including phenoxy) is 1. The Kier molecular flexibility index (Phi) is 4.27. The summed E-state index contributed by atoms with van der Waals surface area (Å²) >= 11 is 0. The third-order valence-electron chi connectivity index (χ3n) is 3.52. The first kappa shape index (κ1) is 14.4. The Morgan fingerprint density at radius 3 is 2.50 bits per heavy atom. The van der Waals surface area contributed by atoms with Crippen molar-refractivity contribution in [1.29, 1.82) is 0 Å². The van der Waals surface area contributed by atoms with E-state index >= 15 is 0 Å². The molecular formula is C15H19NO4. The molecule has 20 heavy (non-hydrogen) atoms. The molecule has 1 saturated carbocycles. The minimum absolute atomic E-state index is 0.107. The van der Waals surface area contributed by atoms with Crippen molar-refractivity contribution in [2.45, 2.75) is 13.3 Å². The van der Waals surface area contributed by atoms with E-state index in [0.29, 0.717) is 19.6 Å². The van der Waals surface area contributed by atoms with Crippen molar-refractivity contribution in [2.75, 3.05) is 20.2 Å². The highest BCUT2D eigenvalue weighted by molar-refractivity contribution is 5.89. The summed E-state index contributed by atoms with van der Waals surface area (Å²) in [5.74, 6) is -1.07. The number of likely N-dealkylation sites (N-methyl/N-ethyl adjacent to an activating group) is 1. The van der Waals surface area contributed by atoms with E-state index in [1.54, 1.807) is 11.9 Å². The Bertz CT molecular complexity index is 497. The fourth-order valence-electron chi connectivity index (χ4n) is 2.07. The van der Waals surface area contributed by atoms with Crippen LogP contribution < -0.4 is 4.74 Å². The van der Waals surface area contributed by atoms with Gasteiger partial charge in [0.05, 0.1) is 18.4 Å². The molecule has 5 nitrogen and oxygen atoms in total. The lowest BCUT2D eigenvalue weighted by Gasteiger charge is -2.17. The smallest absolute Gasteiger partial charge is 0.307 e. The van der Waals surface area contributed by atoms with Gasteiger partial charge in [-0.3, -0.25) is 9.59 Å². The van der Waals surface area contributed by atoms with Crippen molar-refractivity contribution in [3.63, 3.8) is 0 Å². The van der Waals surface area contributed by atoms with E-state index in [0.717, 1.165) is 11.3 Å². The van der Waals surface area contributed by atoms with Crippen LogP contribution in [0.2, 0.25) is 0 Å². The van der Waals surface area contributed by atoms with Gasteiger partial charge in [-0.15, -0.1) is 0 Å². The van der Waals surface area contributed by atoms with E-state index in [1.807, 2.05) is 31.2 Å². The van der Waals surface area contributed by atoms with E-state index in [-0.39, 0.29) is 11.8 Å². The molecule has 5 heteroatoms. The molecule has 2 atom stereocenters. The van der Waals surface area contributed by atoms with Gasteiger partial charge in [-0.05, 0) is 25.5 Å². The number of carboxylic acids is 1. The van der Waals surface area contributed by atoms with Gasteiger partial charge in [-0.25, -0.2) is 0 Å². The Balaban J connectivity index is 1.73. The maximum atomic E-state index is 11.9. The lowest BCUT2D eigenvalue weighted by Crippen LogP contribution is -2.32. The second-order valence-electron chi connectivity index (χ2n) is 5.21. The minimum atomic E-state index is -0.882. The molecule has 1 amide bonds. The van der Waals surface area contributed by atoms with Gasteiger partial charge in [0, 0.05) is 7.05 Å². The van der Waals surface area contributed by atoms with Gasteiger partial charge in [0.15, 0.2) is 0 Å². The molecule has 0 saturated heterocycles. The summed E-state index contributed by atoms with van der Waals surface area (Å²) in [6, 6.07) is 7.70. The second kappa shape index (κ2) is 5.94. The topological polar surface area (TPSA) is 66.8 Å². The molecule has 0 heterocycles. The monoisotopic (exact) mass is 277 g/mol. The molecule has 1 N–H and O–H groups in total. The van der Waals surface area contributed by atoms with Crippen molar-refractivity contribution in [3.8, 4) is 5.75 Å². The van der Waals surface area contributed by atoms with Crippen LogP contribution in [0.1, 0.15) is 12.0 Å². The maximum absolute atomic E-state index is 11.9. The molecule has 1 aliphatic carbocycles. The van der Waals surface area contributed by atoms with Gasteiger partial charge in [-0.1, -0.05) is 17.7 Å². The molecule has 1 aromatic carbocycles. The Hall–Kier alpha value is -2.04.